The van der Waals surface area contributed by atoms with Crippen LogP contribution in [-0.2, 0) is 9.59 Å². The highest BCUT2D eigenvalue weighted by atomic mass is 16.5. The lowest BCUT2D eigenvalue weighted by Gasteiger charge is -2.10. The molecule has 0 spiro atoms. The molecule has 5 nitrogen and oxygen atoms in total. The van der Waals surface area contributed by atoms with Gasteiger partial charge in [0.2, 0.25) is 0 Å². The average Bonchev–Trinajstić information content (AvgIpc) is 2.41. The Hall–Kier alpha value is -2.30. The third-order valence-corrected chi connectivity index (χ3v) is 2.43. The highest BCUT2D eigenvalue weighted by Crippen LogP contribution is 2.22. The number of rotatable bonds is 8. The normalized spacial score (nSPS) is 10.4. The molecule has 0 amide bonds. The second-order valence-electron chi connectivity index (χ2n) is 3.87. The van der Waals surface area contributed by atoms with Gasteiger partial charge < -0.3 is 15.2 Å². The largest absolute Gasteiger partial charge is 0.495 e. The Morgan fingerprint density at radius 1 is 1.32 bits per heavy atom. The van der Waals surface area contributed by atoms with E-state index >= 15 is 0 Å². The van der Waals surface area contributed by atoms with Crippen molar-refractivity contribution in [3.05, 3.63) is 36.4 Å². The molecule has 0 bridgehead atoms. The molecule has 5 heteroatoms. The van der Waals surface area contributed by atoms with E-state index in [0.29, 0.717) is 19.4 Å². The molecule has 0 saturated carbocycles. The Balaban J connectivity index is 2.31. The van der Waals surface area contributed by atoms with Gasteiger partial charge in [0, 0.05) is 19.0 Å². The predicted octanol–water partition coefficient (Wildman–Crippen LogP) is 2.10. The molecule has 102 valence electrons. The molecule has 0 fully saturated rings. The number of benzene rings is 1. The molecule has 0 unspecified atom stereocenters. The summed E-state index contributed by atoms with van der Waals surface area (Å²) in [6, 6.07) is 7.52. The number of methoxy groups -OCH3 is 1. The third kappa shape index (κ3) is 5.72. The van der Waals surface area contributed by atoms with Gasteiger partial charge in [-0.1, -0.05) is 12.1 Å². The minimum absolute atomic E-state index is 0.191. The Morgan fingerprint density at radius 3 is 2.74 bits per heavy atom. The van der Waals surface area contributed by atoms with E-state index in [0.717, 1.165) is 23.6 Å². The molecule has 0 heterocycles. The molecule has 0 saturated heterocycles. The number of carboxylic acid groups (broad SMARTS) is 1. The lowest BCUT2D eigenvalue weighted by atomic mass is 10.2. The van der Waals surface area contributed by atoms with Gasteiger partial charge in [-0.2, -0.15) is 0 Å². The number of carboxylic acids is 1. The molecule has 2 N–H and O–H groups in total. The van der Waals surface area contributed by atoms with Crippen LogP contribution < -0.4 is 10.1 Å². The molecule has 0 aliphatic heterocycles. The second kappa shape index (κ2) is 7.92. The van der Waals surface area contributed by atoms with Gasteiger partial charge in [-0.25, -0.2) is 4.79 Å². The first-order chi connectivity index (χ1) is 9.13. The molecular formula is C14H17NO4. The van der Waals surface area contributed by atoms with Crippen molar-refractivity contribution in [2.45, 2.75) is 12.8 Å². The zero-order chi connectivity index (χ0) is 14.1. The first-order valence-electron chi connectivity index (χ1n) is 5.94. The number of allylic oxidation sites excluding steroid dienone is 1. The van der Waals surface area contributed by atoms with Crippen LogP contribution in [0.15, 0.2) is 36.4 Å². The van der Waals surface area contributed by atoms with Crippen LogP contribution in [0, 0.1) is 0 Å². The van der Waals surface area contributed by atoms with E-state index in [2.05, 4.69) is 5.32 Å². The lowest BCUT2D eigenvalue weighted by molar-refractivity contribution is -0.131. The number of ketones is 1. The molecule has 0 aliphatic rings. The Morgan fingerprint density at radius 2 is 2.05 bits per heavy atom. The molecule has 19 heavy (non-hydrogen) atoms. The van der Waals surface area contributed by atoms with Crippen LogP contribution in [0.4, 0.5) is 5.69 Å². The smallest absolute Gasteiger partial charge is 0.328 e. The van der Waals surface area contributed by atoms with Gasteiger partial charge in [-0.15, -0.1) is 0 Å². The van der Waals surface area contributed by atoms with Crippen LogP contribution in [0.5, 0.6) is 5.75 Å². The highest BCUT2D eigenvalue weighted by molar-refractivity contribution is 5.95. The molecule has 1 rings (SSSR count). The van der Waals surface area contributed by atoms with E-state index in [4.69, 9.17) is 9.84 Å². The van der Waals surface area contributed by atoms with Crippen molar-refractivity contribution in [2.75, 3.05) is 19.0 Å². The van der Waals surface area contributed by atoms with E-state index in [9.17, 15) is 9.59 Å². The van der Waals surface area contributed by atoms with Crippen molar-refractivity contribution < 1.29 is 19.4 Å². The molecule has 0 aromatic heterocycles. The maximum absolute atomic E-state index is 11.3. The van der Waals surface area contributed by atoms with E-state index in [-0.39, 0.29) is 5.78 Å². The SMILES string of the molecule is COc1ccccc1NCCCC(=O)C=CC(=O)O. The number of ether oxygens (including phenoxy) is 1. The maximum Gasteiger partial charge on any atom is 0.328 e. The van der Waals surface area contributed by atoms with Crippen LogP contribution in [0.1, 0.15) is 12.8 Å². The quantitative estimate of drug-likeness (QED) is 0.555. The van der Waals surface area contributed by atoms with Gasteiger partial charge in [0.1, 0.15) is 5.75 Å². The van der Waals surface area contributed by atoms with Crippen molar-refractivity contribution in [3.63, 3.8) is 0 Å². The summed E-state index contributed by atoms with van der Waals surface area (Å²) in [6.45, 7) is 0.618. The standard InChI is InChI=1S/C14H17NO4/c1-19-13-7-3-2-6-12(13)15-10-4-5-11(16)8-9-14(17)18/h2-3,6-9,15H,4-5,10H2,1H3,(H,17,18). The summed E-state index contributed by atoms with van der Waals surface area (Å²) in [6.07, 6.45) is 2.88. The predicted molar refractivity (Wildman–Crippen MR) is 72.5 cm³/mol. The van der Waals surface area contributed by atoms with Crippen LogP contribution >= 0.6 is 0 Å². The highest BCUT2D eigenvalue weighted by Gasteiger charge is 2.01. The van der Waals surface area contributed by atoms with Crippen LogP contribution in [-0.4, -0.2) is 30.5 Å². The summed E-state index contributed by atoms with van der Waals surface area (Å²) in [5, 5.41) is 11.5. The summed E-state index contributed by atoms with van der Waals surface area (Å²) in [5.74, 6) is -0.552. The van der Waals surface area contributed by atoms with Gasteiger partial charge in [0.15, 0.2) is 5.78 Å². The monoisotopic (exact) mass is 263 g/mol. The number of hydrogen-bond acceptors (Lipinski definition) is 4. The number of anilines is 1. The van der Waals surface area contributed by atoms with Gasteiger partial charge in [0.25, 0.3) is 0 Å². The Kier molecular flexibility index (Phi) is 6.15. The fourth-order valence-corrected chi connectivity index (χ4v) is 1.52. The third-order valence-electron chi connectivity index (χ3n) is 2.43. The number of carbonyl (C=O) groups is 2. The first-order valence-corrected chi connectivity index (χ1v) is 5.94. The lowest BCUT2D eigenvalue weighted by Crippen LogP contribution is -2.05. The molecule has 0 radical (unpaired) electrons. The molecule has 1 aromatic carbocycles. The van der Waals surface area contributed by atoms with Gasteiger partial charge >= 0.3 is 5.97 Å². The van der Waals surface area contributed by atoms with Crippen molar-refractivity contribution in [2.24, 2.45) is 0 Å². The molecule has 0 aliphatic carbocycles. The number of hydrogen-bond donors (Lipinski definition) is 2. The Bertz CT molecular complexity index is 468. The fourth-order valence-electron chi connectivity index (χ4n) is 1.52. The van der Waals surface area contributed by atoms with Crippen molar-refractivity contribution >= 4 is 17.4 Å². The zero-order valence-corrected chi connectivity index (χ0v) is 10.8. The zero-order valence-electron chi connectivity index (χ0n) is 10.8. The summed E-state index contributed by atoms with van der Waals surface area (Å²) >= 11 is 0. The second-order valence-corrected chi connectivity index (χ2v) is 3.87. The van der Waals surface area contributed by atoms with Crippen molar-refractivity contribution in [1.29, 1.82) is 0 Å². The van der Waals surface area contributed by atoms with Gasteiger partial charge in [-0.3, -0.25) is 4.79 Å². The number of nitrogens with one attached hydrogen (secondary N) is 1. The number of carbonyl (C=O) groups excluding carboxylic acids is 1. The van der Waals surface area contributed by atoms with Crippen molar-refractivity contribution in [1.82, 2.24) is 0 Å². The van der Waals surface area contributed by atoms with Crippen molar-refractivity contribution in [3.8, 4) is 5.75 Å². The summed E-state index contributed by atoms with van der Waals surface area (Å²) < 4.78 is 5.18. The van der Waals surface area contributed by atoms with Crippen LogP contribution in [0.3, 0.4) is 0 Å². The minimum Gasteiger partial charge on any atom is -0.495 e. The van der Waals surface area contributed by atoms with Gasteiger partial charge in [-0.05, 0) is 24.6 Å². The summed E-state index contributed by atoms with van der Waals surface area (Å²) in [7, 11) is 1.60. The summed E-state index contributed by atoms with van der Waals surface area (Å²) in [5.41, 5.74) is 0.874. The van der Waals surface area contributed by atoms with Gasteiger partial charge in [0.05, 0.1) is 12.8 Å². The van der Waals surface area contributed by atoms with E-state index < -0.39 is 5.97 Å². The average molecular weight is 263 g/mol. The minimum atomic E-state index is -1.11. The Labute approximate surface area is 111 Å². The fraction of sp³-hybridized carbons (Fsp3) is 0.286. The molecule has 1 aromatic rings. The van der Waals surface area contributed by atoms with E-state index in [1.165, 1.54) is 0 Å². The van der Waals surface area contributed by atoms with Crippen LogP contribution in [0.25, 0.3) is 0 Å². The first kappa shape index (κ1) is 14.8. The number of para-hydroxylation sites is 2. The molecular weight excluding hydrogens is 246 g/mol. The number of aliphatic carboxylic acids is 1. The summed E-state index contributed by atoms with van der Waals surface area (Å²) in [4.78, 5) is 21.5. The van der Waals surface area contributed by atoms with Crippen LogP contribution in [0.2, 0.25) is 0 Å². The topological polar surface area (TPSA) is 75.6 Å². The maximum atomic E-state index is 11.3. The van der Waals surface area contributed by atoms with E-state index in [1.54, 1.807) is 7.11 Å². The van der Waals surface area contributed by atoms with E-state index in [1.807, 2.05) is 24.3 Å². The molecule has 0 atom stereocenters.